The first-order valence-electron chi connectivity index (χ1n) is 14.8. The first-order chi connectivity index (χ1) is 19.8. The fourth-order valence-corrected chi connectivity index (χ4v) is 6.87. The Hall–Kier alpha value is -3.90. The number of allylic oxidation sites excluding steroid dienone is 1. The van der Waals surface area contributed by atoms with E-state index < -0.39 is 0 Å². The molecule has 3 aliphatic rings. The molecule has 1 fully saturated rings. The molecule has 2 aliphatic heterocycles. The number of anilines is 2. The largest absolute Gasteiger partial charge is 0.357 e. The van der Waals surface area contributed by atoms with Gasteiger partial charge in [0.15, 0.2) is 5.78 Å². The molecule has 0 spiro atoms. The van der Waals surface area contributed by atoms with Crippen LogP contribution >= 0.6 is 0 Å². The van der Waals surface area contributed by atoms with Crippen LogP contribution in [0.3, 0.4) is 0 Å². The molecule has 0 aromatic heterocycles. The van der Waals surface area contributed by atoms with E-state index in [1.807, 2.05) is 23.1 Å². The Labute approximate surface area is 243 Å². The molecule has 0 bridgehead atoms. The summed E-state index contributed by atoms with van der Waals surface area (Å²) >= 11 is 0. The van der Waals surface area contributed by atoms with Gasteiger partial charge in [-0.15, -0.1) is 0 Å². The van der Waals surface area contributed by atoms with Crippen molar-refractivity contribution < 1.29 is 9.59 Å². The highest BCUT2D eigenvalue weighted by molar-refractivity contribution is 6.01. The van der Waals surface area contributed by atoms with Crippen molar-refractivity contribution >= 4 is 23.1 Å². The van der Waals surface area contributed by atoms with E-state index in [1.165, 1.54) is 11.1 Å². The molecule has 3 aromatic rings. The van der Waals surface area contributed by atoms with Crippen molar-refractivity contribution in [2.24, 2.45) is 5.41 Å². The maximum Gasteiger partial charge on any atom is 0.242 e. The van der Waals surface area contributed by atoms with Gasteiger partial charge in [-0.1, -0.05) is 86.6 Å². The number of Topliss-reactive ketones (excluding diaryl/α,β-unsaturated/α-hetero) is 1. The molecule has 1 amide bonds. The van der Waals surface area contributed by atoms with Gasteiger partial charge in [0.05, 0.1) is 30.0 Å². The Bertz CT molecular complexity index is 1400. The topological polar surface area (TPSA) is 55.9 Å². The number of nitrogens with one attached hydrogen (secondary N) is 1. The fraction of sp³-hybridized carbons (Fsp3) is 0.371. The third-order valence-electron chi connectivity index (χ3n) is 8.87. The van der Waals surface area contributed by atoms with E-state index in [0.717, 1.165) is 42.2 Å². The molecule has 1 N–H and O–H groups in total. The van der Waals surface area contributed by atoms with Crippen LogP contribution in [0, 0.1) is 5.41 Å². The first kappa shape index (κ1) is 27.3. The number of amides is 1. The zero-order chi connectivity index (χ0) is 28.6. The van der Waals surface area contributed by atoms with Crippen LogP contribution in [0.25, 0.3) is 0 Å². The van der Waals surface area contributed by atoms with Crippen molar-refractivity contribution in [1.82, 2.24) is 9.80 Å². The molecule has 1 atom stereocenters. The molecule has 41 heavy (non-hydrogen) atoms. The van der Waals surface area contributed by atoms with Gasteiger partial charge in [0.1, 0.15) is 0 Å². The van der Waals surface area contributed by atoms with Crippen molar-refractivity contribution in [2.75, 3.05) is 42.9 Å². The molecule has 1 aliphatic carbocycles. The number of piperazine rings is 1. The molecular formula is C35H40N4O2. The van der Waals surface area contributed by atoms with Crippen LogP contribution in [-0.4, -0.2) is 60.3 Å². The van der Waals surface area contributed by atoms with E-state index in [1.54, 1.807) is 0 Å². The van der Waals surface area contributed by atoms with Crippen molar-refractivity contribution in [3.63, 3.8) is 0 Å². The highest BCUT2D eigenvalue weighted by atomic mass is 16.2. The normalized spacial score (nSPS) is 20.8. The van der Waals surface area contributed by atoms with E-state index in [-0.39, 0.29) is 35.7 Å². The summed E-state index contributed by atoms with van der Waals surface area (Å²) in [6.07, 6.45) is 1.35. The third kappa shape index (κ3) is 5.53. The lowest BCUT2D eigenvalue weighted by Gasteiger charge is -2.41. The van der Waals surface area contributed by atoms with Crippen LogP contribution in [0.5, 0.6) is 0 Å². The molecule has 0 saturated carbocycles. The number of fused-ring (bicyclic) bond motifs is 1. The fourth-order valence-electron chi connectivity index (χ4n) is 6.87. The SMILES string of the molecule is CC1C2=C(CC(C)(C)CC2=O)Nc2ccccc2N1CC(=O)N1CCN(C(c2ccccc2)c2ccccc2)CC1. The second-order valence-corrected chi connectivity index (χ2v) is 12.4. The van der Waals surface area contributed by atoms with Crippen LogP contribution in [0.1, 0.15) is 50.8 Å². The second kappa shape index (κ2) is 11.2. The van der Waals surface area contributed by atoms with E-state index in [4.69, 9.17) is 0 Å². The minimum Gasteiger partial charge on any atom is -0.357 e. The van der Waals surface area contributed by atoms with Crippen LogP contribution in [0.15, 0.2) is 96.2 Å². The maximum atomic E-state index is 13.8. The molecule has 1 unspecified atom stereocenters. The van der Waals surface area contributed by atoms with Gasteiger partial charge in [-0.05, 0) is 42.0 Å². The van der Waals surface area contributed by atoms with E-state index in [2.05, 4.69) is 103 Å². The smallest absolute Gasteiger partial charge is 0.242 e. The number of ketones is 1. The monoisotopic (exact) mass is 548 g/mol. The molecule has 3 aromatic carbocycles. The van der Waals surface area contributed by atoms with Gasteiger partial charge in [-0.25, -0.2) is 0 Å². The number of rotatable bonds is 5. The zero-order valence-electron chi connectivity index (χ0n) is 24.3. The van der Waals surface area contributed by atoms with Crippen LogP contribution in [-0.2, 0) is 9.59 Å². The van der Waals surface area contributed by atoms with E-state index in [0.29, 0.717) is 19.5 Å². The van der Waals surface area contributed by atoms with Gasteiger partial charge in [-0.3, -0.25) is 14.5 Å². The molecule has 6 nitrogen and oxygen atoms in total. The molecule has 0 radical (unpaired) electrons. The minimum atomic E-state index is -0.185. The van der Waals surface area contributed by atoms with Gasteiger partial charge in [0, 0.05) is 43.9 Å². The number of carbonyl (C=O) groups excluding carboxylic acids is 2. The Morgan fingerprint density at radius 2 is 1.44 bits per heavy atom. The summed E-state index contributed by atoms with van der Waals surface area (Å²) in [5.74, 6) is 0.290. The van der Waals surface area contributed by atoms with Gasteiger partial charge >= 0.3 is 0 Å². The summed E-state index contributed by atoms with van der Waals surface area (Å²) in [4.78, 5) is 33.9. The van der Waals surface area contributed by atoms with Crippen molar-refractivity contribution in [2.45, 2.75) is 45.7 Å². The summed E-state index contributed by atoms with van der Waals surface area (Å²) in [5.41, 5.74) is 6.21. The molecular weight excluding hydrogens is 508 g/mol. The quantitative estimate of drug-likeness (QED) is 0.431. The highest BCUT2D eigenvalue weighted by Crippen LogP contribution is 2.43. The average molecular weight is 549 g/mol. The molecule has 2 heterocycles. The number of hydrogen-bond donors (Lipinski definition) is 1. The second-order valence-electron chi connectivity index (χ2n) is 12.4. The summed E-state index contributed by atoms with van der Waals surface area (Å²) < 4.78 is 0. The van der Waals surface area contributed by atoms with Crippen molar-refractivity contribution in [3.05, 3.63) is 107 Å². The molecule has 6 heteroatoms. The van der Waals surface area contributed by atoms with E-state index in [9.17, 15) is 9.59 Å². The first-order valence-corrected chi connectivity index (χ1v) is 14.8. The molecule has 1 saturated heterocycles. The summed E-state index contributed by atoms with van der Waals surface area (Å²) in [5, 5.41) is 3.60. The van der Waals surface area contributed by atoms with E-state index >= 15 is 0 Å². The zero-order valence-corrected chi connectivity index (χ0v) is 24.3. The van der Waals surface area contributed by atoms with Crippen molar-refractivity contribution in [1.29, 1.82) is 0 Å². The van der Waals surface area contributed by atoms with Crippen molar-refractivity contribution in [3.8, 4) is 0 Å². The Morgan fingerprint density at radius 3 is 2.07 bits per heavy atom. The highest BCUT2D eigenvalue weighted by Gasteiger charge is 2.40. The summed E-state index contributed by atoms with van der Waals surface area (Å²) in [6, 6.07) is 29.4. The lowest BCUT2D eigenvalue weighted by atomic mass is 9.74. The predicted octanol–water partition coefficient (Wildman–Crippen LogP) is 5.88. The minimum absolute atomic E-state index is 0.0837. The maximum absolute atomic E-state index is 13.8. The Kier molecular flexibility index (Phi) is 7.43. The standard InChI is InChI=1S/C35H40N4O2/c1-25-33-29(22-35(2,3)23-31(33)40)36-28-16-10-11-17-30(28)39(25)24-32(41)37-18-20-38(21-19-37)34(26-12-6-4-7-13-26)27-14-8-5-9-15-27/h4-17,25,34,36H,18-24H2,1-3H3. The predicted molar refractivity (Wildman–Crippen MR) is 165 cm³/mol. The number of para-hydroxylation sites is 2. The molecule has 212 valence electrons. The van der Waals surface area contributed by atoms with Crippen LogP contribution in [0.2, 0.25) is 0 Å². The Morgan fingerprint density at radius 1 is 0.854 bits per heavy atom. The van der Waals surface area contributed by atoms with Gasteiger partial charge in [-0.2, -0.15) is 0 Å². The Balaban J connectivity index is 1.20. The summed E-state index contributed by atoms with van der Waals surface area (Å²) in [6.45, 7) is 9.58. The van der Waals surface area contributed by atoms with Gasteiger partial charge in [0.2, 0.25) is 5.91 Å². The van der Waals surface area contributed by atoms with Gasteiger partial charge in [0.25, 0.3) is 0 Å². The average Bonchev–Trinajstić information content (AvgIpc) is 3.08. The number of carbonyl (C=O) groups is 2. The number of nitrogens with zero attached hydrogens (tertiary/aromatic N) is 3. The van der Waals surface area contributed by atoms with Crippen LogP contribution < -0.4 is 10.2 Å². The van der Waals surface area contributed by atoms with Crippen LogP contribution in [0.4, 0.5) is 11.4 Å². The third-order valence-corrected chi connectivity index (χ3v) is 8.87. The van der Waals surface area contributed by atoms with Gasteiger partial charge < -0.3 is 15.1 Å². The number of hydrogen-bond acceptors (Lipinski definition) is 5. The number of benzene rings is 3. The summed E-state index contributed by atoms with van der Waals surface area (Å²) in [7, 11) is 0. The lowest BCUT2D eigenvalue weighted by Crippen LogP contribution is -2.53. The molecule has 6 rings (SSSR count). The lowest BCUT2D eigenvalue weighted by molar-refractivity contribution is -0.131.